The molecule has 0 saturated carbocycles. The second-order valence-electron chi connectivity index (χ2n) is 6.56. The fourth-order valence-corrected chi connectivity index (χ4v) is 3.25. The van der Waals surface area contributed by atoms with E-state index in [1.807, 2.05) is 6.07 Å². The van der Waals surface area contributed by atoms with Crippen molar-refractivity contribution in [1.82, 2.24) is 19.5 Å². The van der Waals surface area contributed by atoms with Crippen LogP contribution in [0.3, 0.4) is 0 Å². The summed E-state index contributed by atoms with van der Waals surface area (Å²) in [5, 5.41) is 29.9. The SMILES string of the molecule is Nc1ncnc2c1nc(/C=C/C(=O)c1ccccc1)n2[C@@H]1O[C@H](CO)[C@@H](O)[C@H]1O. The number of hydrogen-bond acceptors (Lipinski definition) is 9. The Morgan fingerprint density at radius 1 is 1.21 bits per heavy atom. The van der Waals surface area contributed by atoms with Crippen LogP contribution in [0.2, 0.25) is 0 Å². The molecule has 0 unspecified atom stereocenters. The molecular formula is C19H19N5O5. The van der Waals surface area contributed by atoms with E-state index in [0.717, 1.165) is 0 Å². The Labute approximate surface area is 164 Å². The number of fused-ring (bicyclic) bond motifs is 1. The van der Waals surface area contributed by atoms with Gasteiger partial charge in [0.2, 0.25) is 0 Å². The van der Waals surface area contributed by atoms with Crippen molar-refractivity contribution in [3.8, 4) is 0 Å². The normalized spacial score (nSPS) is 24.5. The highest BCUT2D eigenvalue weighted by molar-refractivity contribution is 6.06. The molecule has 5 N–H and O–H groups in total. The van der Waals surface area contributed by atoms with Crippen LogP contribution in [-0.2, 0) is 4.74 Å². The van der Waals surface area contributed by atoms with Crippen molar-refractivity contribution in [3.63, 3.8) is 0 Å². The number of anilines is 1. The van der Waals surface area contributed by atoms with Crippen molar-refractivity contribution in [2.45, 2.75) is 24.5 Å². The average molecular weight is 397 g/mol. The molecule has 1 aliphatic rings. The summed E-state index contributed by atoms with van der Waals surface area (Å²) < 4.78 is 7.03. The fraction of sp³-hybridized carbons (Fsp3) is 0.263. The number of ketones is 1. The smallest absolute Gasteiger partial charge is 0.185 e. The number of nitrogens with zero attached hydrogens (tertiary/aromatic N) is 4. The zero-order chi connectivity index (χ0) is 20.5. The van der Waals surface area contributed by atoms with Crippen LogP contribution >= 0.6 is 0 Å². The maximum absolute atomic E-state index is 12.4. The predicted octanol–water partition coefficient (Wildman–Crippen LogP) is -0.0839. The molecule has 10 nitrogen and oxygen atoms in total. The lowest BCUT2D eigenvalue weighted by Gasteiger charge is -2.18. The number of aromatic nitrogens is 4. The van der Waals surface area contributed by atoms with E-state index in [9.17, 15) is 20.1 Å². The Hall–Kier alpha value is -3.18. The van der Waals surface area contributed by atoms with Crippen LogP contribution in [0.1, 0.15) is 22.4 Å². The Kier molecular flexibility index (Phi) is 5.07. The number of aliphatic hydroxyl groups is 3. The molecule has 2 aromatic heterocycles. The summed E-state index contributed by atoms with van der Waals surface area (Å²) in [7, 11) is 0. The van der Waals surface area contributed by atoms with Gasteiger partial charge in [0.1, 0.15) is 30.5 Å². The Bertz CT molecular complexity index is 1070. The van der Waals surface area contributed by atoms with E-state index in [1.165, 1.54) is 23.0 Å². The summed E-state index contributed by atoms with van der Waals surface area (Å²) in [6, 6.07) is 8.69. The van der Waals surface area contributed by atoms with Crippen molar-refractivity contribution in [2.24, 2.45) is 0 Å². The molecule has 1 fully saturated rings. The number of allylic oxidation sites excluding steroid dienone is 1. The first-order chi connectivity index (χ1) is 14.0. The van der Waals surface area contributed by atoms with Gasteiger partial charge in [-0.25, -0.2) is 15.0 Å². The molecule has 1 aromatic carbocycles. The molecule has 0 radical (unpaired) electrons. The van der Waals surface area contributed by atoms with Gasteiger partial charge < -0.3 is 25.8 Å². The lowest BCUT2D eigenvalue weighted by molar-refractivity contribution is -0.0513. The van der Waals surface area contributed by atoms with Gasteiger partial charge >= 0.3 is 0 Å². The van der Waals surface area contributed by atoms with Gasteiger partial charge in [-0.3, -0.25) is 9.36 Å². The van der Waals surface area contributed by atoms with E-state index < -0.39 is 31.1 Å². The molecule has 4 rings (SSSR count). The third-order valence-corrected chi connectivity index (χ3v) is 4.75. The van der Waals surface area contributed by atoms with Crippen molar-refractivity contribution < 1.29 is 24.9 Å². The maximum Gasteiger partial charge on any atom is 0.185 e. The molecule has 3 aromatic rings. The largest absolute Gasteiger partial charge is 0.394 e. The summed E-state index contributed by atoms with van der Waals surface area (Å²) in [4.78, 5) is 24.9. The number of carbonyl (C=O) groups excluding carboxylic acids is 1. The summed E-state index contributed by atoms with van der Waals surface area (Å²) in [5.41, 5.74) is 6.91. The minimum atomic E-state index is -1.35. The summed E-state index contributed by atoms with van der Waals surface area (Å²) >= 11 is 0. The van der Waals surface area contributed by atoms with Gasteiger partial charge in [0.25, 0.3) is 0 Å². The first kappa shape index (κ1) is 19.2. The minimum Gasteiger partial charge on any atom is -0.394 e. The van der Waals surface area contributed by atoms with E-state index in [1.54, 1.807) is 24.3 Å². The lowest BCUT2D eigenvalue weighted by atomic mass is 10.1. The van der Waals surface area contributed by atoms with Crippen LogP contribution < -0.4 is 5.73 Å². The second-order valence-corrected chi connectivity index (χ2v) is 6.56. The topological polar surface area (TPSA) is 157 Å². The van der Waals surface area contributed by atoms with E-state index in [4.69, 9.17) is 10.5 Å². The number of nitrogen functional groups attached to an aromatic ring is 1. The first-order valence-corrected chi connectivity index (χ1v) is 8.89. The molecule has 0 aliphatic carbocycles. The molecule has 0 bridgehead atoms. The third kappa shape index (κ3) is 3.38. The fourth-order valence-electron chi connectivity index (χ4n) is 3.25. The summed E-state index contributed by atoms with van der Waals surface area (Å²) in [6.45, 7) is -0.476. The molecular weight excluding hydrogens is 378 g/mol. The molecule has 29 heavy (non-hydrogen) atoms. The zero-order valence-electron chi connectivity index (χ0n) is 15.2. The van der Waals surface area contributed by atoms with Gasteiger partial charge in [-0.15, -0.1) is 0 Å². The van der Waals surface area contributed by atoms with Gasteiger partial charge in [0, 0.05) is 5.56 Å². The van der Waals surface area contributed by atoms with Gasteiger partial charge in [-0.2, -0.15) is 0 Å². The standard InChI is InChI=1S/C19H19N5O5/c20-17-14-18(22-9-21-17)24(19-16(28)15(27)12(8-25)29-19)13(23-14)7-6-11(26)10-4-2-1-3-5-10/h1-7,9,12,15-16,19,25,27-28H,8H2,(H2,20,21,22)/b7-6+/t12-,15-,16-,19-/m1/s1. The minimum absolute atomic E-state index is 0.115. The maximum atomic E-state index is 12.4. The van der Waals surface area contributed by atoms with Gasteiger partial charge in [-0.1, -0.05) is 30.3 Å². The molecule has 10 heteroatoms. The molecule has 0 amide bonds. The van der Waals surface area contributed by atoms with Crippen LogP contribution in [0.5, 0.6) is 0 Å². The zero-order valence-corrected chi connectivity index (χ0v) is 15.2. The van der Waals surface area contributed by atoms with Crippen LogP contribution in [0.4, 0.5) is 5.82 Å². The van der Waals surface area contributed by atoms with Crippen molar-refractivity contribution in [3.05, 3.63) is 54.1 Å². The number of nitrogens with two attached hydrogens (primary N) is 1. The van der Waals surface area contributed by atoms with Gasteiger partial charge in [0.05, 0.1) is 6.61 Å². The van der Waals surface area contributed by atoms with Crippen molar-refractivity contribution in [1.29, 1.82) is 0 Å². The van der Waals surface area contributed by atoms with Crippen LogP contribution in [0.15, 0.2) is 42.7 Å². The molecule has 1 aliphatic heterocycles. The Morgan fingerprint density at radius 2 is 1.97 bits per heavy atom. The Morgan fingerprint density at radius 3 is 2.66 bits per heavy atom. The predicted molar refractivity (Wildman–Crippen MR) is 103 cm³/mol. The third-order valence-electron chi connectivity index (χ3n) is 4.75. The number of hydrogen-bond donors (Lipinski definition) is 4. The highest BCUT2D eigenvalue weighted by Crippen LogP contribution is 2.33. The molecule has 4 atom stereocenters. The monoisotopic (exact) mass is 397 g/mol. The molecule has 3 heterocycles. The molecule has 1 saturated heterocycles. The molecule has 150 valence electrons. The van der Waals surface area contributed by atoms with Crippen LogP contribution in [-0.4, -0.2) is 65.5 Å². The van der Waals surface area contributed by atoms with E-state index in [-0.39, 0.29) is 28.6 Å². The van der Waals surface area contributed by atoms with Crippen molar-refractivity contribution >= 4 is 28.8 Å². The average Bonchev–Trinajstić information content (AvgIpc) is 3.25. The number of ether oxygens (including phenoxy) is 1. The number of carbonyl (C=O) groups is 1. The first-order valence-electron chi connectivity index (χ1n) is 8.89. The van der Waals surface area contributed by atoms with Gasteiger partial charge in [-0.05, 0) is 12.2 Å². The lowest BCUT2D eigenvalue weighted by Crippen LogP contribution is -2.33. The quantitative estimate of drug-likeness (QED) is 0.341. The van der Waals surface area contributed by atoms with Crippen molar-refractivity contribution in [2.75, 3.05) is 12.3 Å². The highest BCUT2D eigenvalue weighted by Gasteiger charge is 2.44. The van der Waals surface area contributed by atoms with Crippen LogP contribution in [0.25, 0.3) is 17.2 Å². The number of imidazole rings is 1. The number of rotatable bonds is 5. The number of benzene rings is 1. The number of aliphatic hydroxyl groups excluding tert-OH is 3. The highest BCUT2D eigenvalue weighted by atomic mass is 16.6. The van der Waals surface area contributed by atoms with E-state index in [0.29, 0.717) is 5.56 Å². The van der Waals surface area contributed by atoms with E-state index in [2.05, 4.69) is 15.0 Å². The molecule has 0 spiro atoms. The van der Waals surface area contributed by atoms with E-state index >= 15 is 0 Å². The Balaban J connectivity index is 1.78. The summed E-state index contributed by atoms with van der Waals surface area (Å²) in [6.07, 6.45) is -0.701. The van der Waals surface area contributed by atoms with Crippen LogP contribution in [0, 0.1) is 0 Å². The summed E-state index contributed by atoms with van der Waals surface area (Å²) in [5.74, 6) is 0.0975. The second kappa shape index (κ2) is 7.68. The van der Waals surface area contributed by atoms with Gasteiger partial charge in [0.15, 0.2) is 29.0 Å².